The highest BCUT2D eigenvalue weighted by molar-refractivity contribution is 7.47. The van der Waals surface area contributed by atoms with Gasteiger partial charge >= 0.3 is 25.7 Å². The van der Waals surface area contributed by atoms with Gasteiger partial charge in [0, 0.05) is 19.3 Å². The summed E-state index contributed by atoms with van der Waals surface area (Å²) in [6, 6.07) is 0. The SMILES string of the molecule is CC/C=C\C/C=C\C/C=C\CCCCCCCCCC(=O)OCC(COP(=O)(O)OCC(CO)OC(=O)CCCCCCCCCCC/C=C\CCCCCCCC)OC(=O)CCCCCCCCCCC/C=C\CCCCCCCC. The maximum atomic E-state index is 13.0. The average Bonchev–Trinajstić information content (AvgIpc) is 3.47. The Labute approximate surface area is 504 Å². The molecule has 0 aromatic heterocycles. The Balaban J connectivity index is 4.66. The Hall–Kier alpha value is -2.82. The zero-order valence-corrected chi connectivity index (χ0v) is 54.1. The number of carbonyl (C=O) groups is 3. The maximum Gasteiger partial charge on any atom is 0.472 e. The number of phosphoric acid groups is 1. The lowest BCUT2D eigenvalue weighted by Crippen LogP contribution is -2.30. The highest BCUT2D eigenvalue weighted by atomic mass is 31.2. The van der Waals surface area contributed by atoms with Crippen LogP contribution in [0.25, 0.3) is 0 Å². The number of aliphatic hydroxyl groups is 1. The van der Waals surface area contributed by atoms with Crippen LogP contribution < -0.4 is 0 Å². The Bertz CT molecular complexity index is 1610. The van der Waals surface area contributed by atoms with Gasteiger partial charge in [-0.05, 0) is 103 Å². The molecule has 12 heteroatoms. The first-order valence-corrected chi connectivity index (χ1v) is 35.7. The number of aliphatic hydroxyl groups excluding tert-OH is 1. The fourth-order valence-electron chi connectivity index (χ4n) is 9.72. The molecule has 0 radical (unpaired) electrons. The molecule has 0 aliphatic rings. The molecule has 0 aliphatic carbocycles. The summed E-state index contributed by atoms with van der Waals surface area (Å²) in [4.78, 5) is 48.9. The fourth-order valence-corrected chi connectivity index (χ4v) is 10.5. The highest BCUT2D eigenvalue weighted by Gasteiger charge is 2.28. The van der Waals surface area contributed by atoms with Crippen LogP contribution in [0.2, 0.25) is 0 Å². The predicted octanol–water partition coefficient (Wildman–Crippen LogP) is 21.0. The van der Waals surface area contributed by atoms with Gasteiger partial charge in [0.1, 0.15) is 12.7 Å². The number of unbranched alkanes of at least 4 members (excludes halogenated alkanes) is 37. The summed E-state index contributed by atoms with van der Waals surface area (Å²) in [5.41, 5.74) is 0. The van der Waals surface area contributed by atoms with Crippen LogP contribution in [-0.2, 0) is 42.2 Å². The van der Waals surface area contributed by atoms with E-state index in [2.05, 4.69) is 81.5 Å². The van der Waals surface area contributed by atoms with Crippen molar-refractivity contribution in [3.63, 3.8) is 0 Å². The third kappa shape index (κ3) is 61.7. The summed E-state index contributed by atoms with van der Waals surface area (Å²) < 4.78 is 39.8. The Morgan fingerprint density at radius 3 is 0.988 bits per heavy atom. The monoisotopic (exact) mass is 1170 g/mol. The van der Waals surface area contributed by atoms with Crippen molar-refractivity contribution in [3.8, 4) is 0 Å². The van der Waals surface area contributed by atoms with Crippen molar-refractivity contribution in [2.24, 2.45) is 0 Å². The molecule has 0 aromatic rings. The third-order valence-corrected chi connectivity index (χ3v) is 15.8. The van der Waals surface area contributed by atoms with Crippen LogP contribution in [-0.4, -0.2) is 66.5 Å². The molecular weight excluding hydrogens is 1050 g/mol. The summed E-state index contributed by atoms with van der Waals surface area (Å²) in [6.07, 6.45) is 73.1. The first-order chi connectivity index (χ1) is 40.2. The molecule has 478 valence electrons. The Morgan fingerprint density at radius 1 is 0.354 bits per heavy atom. The van der Waals surface area contributed by atoms with Crippen molar-refractivity contribution < 1.29 is 52.2 Å². The molecule has 2 N–H and O–H groups in total. The van der Waals surface area contributed by atoms with E-state index in [1.54, 1.807) is 0 Å². The van der Waals surface area contributed by atoms with E-state index in [4.69, 9.17) is 23.3 Å². The number of ether oxygens (including phenoxy) is 3. The van der Waals surface area contributed by atoms with Gasteiger partial charge in [0.05, 0.1) is 19.8 Å². The van der Waals surface area contributed by atoms with Gasteiger partial charge in [-0.15, -0.1) is 0 Å². The fraction of sp³-hybridized carbons (Fsp3) is 0.814. The van der Waals surface area contributed by atoms with Gasteiger partial charge in [0.15, 0.2) is 6.10 Å². The summed E-state index contributed by atoms with van der Waals surface area (Å²) >= 11 is 0. The Morgan fingerprint density at radius 2 is 0.634 bits per heavy atom. The summed E-state index contributed by atoms with van der Waals surface area (Å²) in [7, 11) is -4.76. The van der Waals surface area contributed by atoms with Crippen molar-refractivity contribution >= 4 is 25.7 Å². The molecule has 82 heavy (non-hydrogen) atoms. The number of rotatable bonds is 64. The third-order valence-electron chi connectivity index (χ3n) is 14.9. The van der Waals surface area contributed by atoms with E-state index in [0.717, 1.165) is 89.9 Å². The summed E-state index contributed by atoms with van der Waals surface area (Å²) in [6.45, 7) is 4.58. The zero-order valence-electron chi connectivity index (χ0n) is 53.2. The van der Waals surface area contributed by atoms with Crippen LogP contribution in [0.4, 0.5) is 0 Å². The molecule has 0 aliphatic heterocycles. The largest absolute Gasteiger partial charge is 0.472 e. The molecule has 3 atom stereocenters. The summed E-state index contributed by atoms with van der Waals surface area (Å²) in [5.74, 6) is -1.46. The quantitative estimate of drug-likeness (QED) is 0.0197. The van der Waals surface area contributed by atoms with E-state index in [0.29, 0.717) is 19.3 Å². The van der Waals surface area contributed by atoms with Crippen LogP contribution in [0, 0.1) is 0 Å². The van der Waals surface area contributed by atoms with Crippen LogP contribution >= 0.6 is 7.82 Å². The van der Waals surface area contributed by atoms with Gasteiger partial charge in [-0.2, -0.15) is 0 Å². The number of phosphoric ester groups is 1. The van der Waals surface area contributed by atoms with Crippen LogP contribution in [0.15, 0.2) is 60.8 Å². The second kappa shape index (κ2) is 64.2. The van der Waals surface area contributed by atoms with E-state index in [9.17, 15) is 28.9 Å². The first kappa shape index (κ1) is 79.2. The van der Waals surface area contributed by atoms with Crippen molar-refractivity contribution in [1.29, 1.82) is 0 Å². The van der Waals surface area contributed by atoms with E-state index >= 15 is 0 Å². The standard InChI is InChI=1S/C70H127O11P/c1-4-7-10-13-16-19-22-25-28-31-33-36-39-42-45-48-51-54-57-60-69(73)80-66(62-71)64-78-82(75,76)79-65-67(63-77-68(72)59-56-53-50-47-44-41-38-35-30-27-24-21-18-15-12-9-6-3)81-70(74)61-58-55-52-49-46-43-40-37-34-32-29-26-23-20-17-14-11-8-5-2/h9,12,18,21,25-30,66-67,71H,4-8,10-11,13-17,19-20,22-24,31-65H2,1-3H3,(H,75,76)/b12-9-,21-18-,28-25-,29-26-,30-27-. The lowest BCUT2D eigenvalue weighted by molar-refractivity contribution is -0.161. The van der Waals surface area contributed by atoms with Crippen molar-refractivity contribution in [2.45, 2.75) is 341 Å². The maximum absolute atomic E-state index is 13.0. The first-order valence-electron chi connectivity index (χ1n) is 34.2. The molecule has 0 spiro atoms. The second-order valence-corrected chi connectivity index (χ2v) is 24.4. The number of carbonyl (C=O) groups excluding carboxylic acids is 3. The van der Waals surface area contributed by atoms with Gasteiger partial charge in [-0.25, -0.2) is 4.57 Å². The molecule has 0 heterocycles. The lowest BCUT2D eigenvalue weighted by Gasteiger charge is -2.21. The number of allylic oxidation sites excluding steroid dienone is 10. The molecule has 0 amide bonds. The van der Waals surface area contributed by atoms with E-state index < -0.39 is 57.8 Å². The van der Waals surface area contributed by atoms with Crippen molar-refractivity contribution in [2.75, 3.05) is 26.4 Å². The second-order valence-electron chi connectivity index (χ2n) is 23.0. The van der Waals surface area contributed by atoms with Gasteiger partial charge in [-0.1, -0.05) is 268 Å². The smallest absolute Gasteiger partial charge is 0.462 e. The van der Waals surface area contributed by atoms with Crippen LogP contribution in [0.5, 0.6) is 0 Å². The zero-order chi connectivity index (χ0) is 59.8. The number of esters is 3. The van der Waals surface area contributed by atoms with Crippen molar-refractivity contribution in [1.82, 2.24) is 0 Å². The molecule has 0 rings (SSSR count). The molecule has 0 saturated carbocycles. The van der Waals surface area contributed by atoms with Gasteiger partial charge in [-0.3, -0.25) is 23.4 Å². The topological polar surface area (TPSA) is 155 Å². The lowest BCUT2D eigenvalue weighted by atomic mass is 10.1. The molecular formula is C70H127O11P. The van der Waals surface area contributed by atoms with Crippen LogP contribution in [0.1, 0.15) is 329 Å². The molecule has 3 unspecified atom stereocenters. The molecule has 0 fully saturated rings. The average molecular weight is 1180 g/mol. The highest BCUT2D eigenvalue weighted by Crippen LogP contribution is 2.43. The minimum atomic E-state index is -4.76. The minimum absolute atomic E-state index is 0.164. The van der Waals surface area contributed by atoms with Gasteiger partial charge in [0.25, 0.3) is 0 Å². The van der Waals surface area contributed by atoms with E-state index in [1.807, 2.05) is 0 Å². The number of hydrogen-bond donors (Lipinski definition) is 2. The molecule has 0 saturated heterocycles. The van der Waals surface area contributed by atoms with Crippen molar-refractivity contribution in [3.05, 3.63) is 60.8 Å². The normalized spacial score (nSPS) is 13.6. The van der Waals surface area contributed by atoms with Gasteiger partial charge in [0.2, 0.25) is 0 Å². The molecule has 0 bridgehead atoms. The Kier molecular flexibility index (Phi) is 62.0. The molecule has 0 aromatic carbocycles. The van der Waals surface area contributed by atoms with Crippen LogP contribution in [0.3, 0.4) is 0 Å². The van der Waals surface area contributed by atoms with Gasteiger partial charge < -0.3 is 24.2 Å². The summed E-state index contributed by atoms with van der Waals surface area (Å²) in [5, 5.41) is 9.88. The molecule has 11 nitrogen and oxygen atoms in total. The minimum Gasteiger partial charge on any atom is -0.462 e. The van der Waals surface area contributed by atoms with E-state index in [1.165, 1.54) is 180 Å². The number of hydrogen-bond acceptors (Lipinski definition) is 10. The van der Waals surface area contributed by atoms with E-state index in [-0.39, 0.29) is 25.9 Å². The predicted molar refractivity (Wildman–Crippen MR) is 344 cm³/mol.